The fraction of sp³-hybridized carbons (Fsp3) is 0.222. The molecule has 8 heteroatoms. The zero-order valence-corrected chi connectivity index (χ0v) is 14.8. The molecule has 2 aromatic rings. The molecule has 1 heterocycles. The summed E-state index contributed by atoms with van der Waals surface area (Å²) in [7, 11) is 0. The van der Waals surface area contributed by atoms with Crippen LogP contribution in [0.4, 0.5) is 4.39 Å². The molecule has 1 aromatic carbocycles. The van der Waals surface area contributed by atoms with Crippen LogP contribution in [0.2, 0.25) is 0 Å². The van der Waals surface area contributed by atoms with Crippen molar-refractivity contribution < 1.29 is 18.8 Å². The van der Waals surface area contributed by atoms with Gasteiger partial charge in [-0.2, -0.15) is 0 Å². The van der Waals surface area contributed by atoms with Gasteiger partial charge < -0.3 is 10.6 Å². The normalized spacial score (nSPS) is 13.2. The Morgan fingerprint density at radius 3 is 2.65 bits per heavy atom. The number of carbonyl (C=O) groups is 3. The molecule has 0 fully saturated rings. The number of halogens is 1. The summed E-state index contributed by atoms with van der Waals surface area (Å²) in [6.07, 6.45) is 1.79. The van der Waals surface area contributed by atoms with Gasteiger partial charge in [-0.1, -0.05) is 12.1 Å². The van der Waals surface area contributed by atoms with Crippen molar-refractivity contribution in [3.63, 3.8) is 0 Å². The number of hydrogen-bond acceptors (Lipinski definition) is 6. The van der Waals surface area contributed by atoms with E-state index in [1.165, 1.54) is 18.2 Å². The van der Waals surface area contributed by atoms with Crippen LogP contribution in [0.15, 0.2) is 36.0 Å². The lowest BCUT2D eigenvalue weighted by atomic mass is 10.0. The van der Waals surface area contributed by atoms with E-state index in [9.17, 15) is 18.8 Å². The van der Waals surface area contributed by atoms with Crippen LogP contribution in [0.3, 0.4) is 0 Å². The maximum absolute atomic E-state index is 12.9. The van der Waals surface area contributed by atoms with Gasteiger partial charge in [0.25, 0.3) is 5.91 Å². The molecular weight excluding hydrogens is 357 g/mol. The molecule has 1 amide bonds. The van der Waals surface area contributed by atoms with Crippen LogP contribution in [-0.4, -0.2) is 35.5 Å². The third-order valence-corrected chi connectivity index (χ3v) is 4.83. The van der Waals surface area contributed by atoms with Crippen molar-refractivity contribution in [2.24, 2.45) is 0 Å². The Bertz CT molecular complexity index is 903. The zero-order valence-electron chi connectivity index (χ0n) is 14.0. The fourth-order valence-electron chi connectivity index (χ4n) is 2.49. The largest absolute Gasteiger partial charge is 0.381 e. The van der Waals surface area contributed by atoms with Gasteiger partial charge in [-0.25, -0.2) is 9.37 Å². The van der Waals surface area contributed by atoms with Crippen molar-refractivity contribution in [1.29, 1.82) is 0 Å². The molecule has 0 saturated carbocycles. The molecule has 0 bridgehead atoms. The maximum atomic E-state index is 12.9. The summed E-state index contributed by atoms with van der Waals surface area (Å²) in [4.78, 5) is 40.8. The first-order valence-corrected chi connectivity index (χ1v) is 8.89. The van der Waals surface area contributed by atoms with Crippen molar-refractivity contribution in [3.8, 4) is 0 Å². The molecule has 1 aromatic heterocycles. The van der Waals surface area contributed by atoms with Crippen molar-refractivity contribution in [1.82, 2.24) is 15.6 Å². The van der Waals surface area contributed by atoms with Crippen molar-refractivity contribution >= 4 is 28.8 Å². The van der Waals surface area contributed by atoms with Gasteiger partial charge in [0.2, 0.25) is 5.78 Å². The molecule has 0 radical (unpaired) electrons. The second-order valence-corrected chi connectivity index (χ2v) is 6.61. The molecule has 0 atom stereocenters. The Morgan fingerprint density at radius 1 is 1.23 bits per heavy atom. The average Bonchev–Trinajstić information content (AvgIpc) is 3.07. The number of ketones is 2. The molecule has 26 heavy (non-hydrogen) atoms. The number of aromatic nitrogens is 1. The zero-order chi connectivity index (χ0) is 18.7. The lowest BCUT2D eigenvalue weighted by Gasteiger charge is -2.12. The van der Waals surface area contributed by atoms with Crippen LogP contribution in [0.1, 0.15) is 42.4 Å². The molecule has 1 aliphatic rings. The summed E-state index contributed by atoms with van der Waals surface area (Å²) < 4.78 is 12.9. The lowest BCUT2D eigenvalue weighted by molar-refractivity contribution is 0.0953. The van der Waals surface area contributed by atoms with Crippen LogP contribution in [0.5, 0.6) is 0 Å². The molecule has 0 saturated heterocycles. The minimum atomic E-state index is -0.412. The quantitative estimate of drug-likeness (QED) is 0.810. The highest BCUT2D eigenvalue weighted by Gasteiger charge is 2.31. The van der Waals surface area contributed by atoms with Gasteiger partial charge in [0.15, 0.2) is 10.8 Å². The summed E-state index contributed by atoms with van der Waals surface area (Å²) in [6.45, 7) is 2.60. The van der Waals surface area contributed by atoms with E-state index in [1.807, 2.05) is 0 Å². The Labute approximate surface area is 153 Å². The highest BCUT2D eigenvalue weighted by Crippen LogP contribution is 2.26. The van der Waals surface area contributed by atoms with E-state index < -0.39 is 11.7 Å². The molecule has 3 rings (SSSR count). The summed E-state index contributed by atoms with van der Waals surface area (Å²) in [5.74, 6) is -1.47. The Morgan fingerprint density at radius 2 is 1.96 bits per heavy atom. The summed E-state index contributed by atoms with van der Waals surface area (Å²) in [5.41, 5.74) is 1.06. The van der Waals surface area contributed by atoms with Crippen LogP contribution in [0.25, 0.3) is 0 Å². The van der Waals surface area contributed by atoms with Crippen LogP contribution < -0.4 is 10.6 Å². The van der Waals surface area contributed by atoms with Gasteiger partial charge in [0.05, 0.1) is 5.70 Å². The lowest BCUT2D eigenvalue weighted by Crippen LogP contribution is -2.28. The molecule has 6 nitrogen and oxygen atoms in total. The maximum Gasteiger partial charge on any atom is 0.280 e. The Hall–Kier alpha value is -2.87. The number of rotatable bonds is 6. The Balaban J connectivity index is 1.69. The molecule has 0 aliphatic heterocycles. The van der Waals surface area contributed by atoms with E-state index in [0.717, 1.165) is 16.9 Å². The van der Waals surface area contributed by atoms with E-state index in [1.54, 1.807) is 19.1 Å². The van der Waals surface area contributed by atoms with E-state index in [0.29, 0.717) is 19.5 Å². The first-order valence-electron chi connectivity index (χ1n) is 8.07. The standard InChI is InChI=1S/C18H16FN3O3S/c1-2-20-17(25)18-22-14-15(24)12(9-13(23)16(14)26-18)21-8-7-10-3-5-11(19)6-4-10/h3-6,9,21H,2,7-8H2,1H3,(H,20,25). The first-order chi connectivity index (χ1) is 12.5. The predicted molar refractivity (Wildman–Crippen MR) is 95.0 cm³/mol. The number of amides is 1. The number of nitrogens with zero attached hydrogens (tertiary/aromatic N) is 1. The SMILES string of the molecule is CCNC(=O)c1nc2c(s1)C(=O)C=C(NCCc1ccc(F)cc1)C2=O. The number of allylic oxidation sites excluding steroid dienone is 2. The van der Waals surface area contributed by atoms with Gasteiger partial charge in [-0.15, -0.1) is 11.3 Å². The monoisotopic (exact) mass is 373 g/mol. The van der Waals surface area contributed by atoms with Gasteiger partial charge in [0.1, 0.15) is 16.4 Å². The number of benzene rings is 1. The fourth-order valence-corrected chi connectivity index (χ4v) is 3.38. The molecule has 0 unspecified atom stereocenters. The van der Waals surface area contributed by atoms with E-state index in [4.69, 9.17) is 0 Å². The highest BCUT2D eigenvalue weighted by molar-refractivity contribution is 7.16. The molecule has 134 valence electrons. The van der Waals surface area contributed by atoms with Crippen LogP contribution >= 0.6 is 11.3 Å². The third-order valence-electron chi connectivity index (χ3n) is 3.76. The Kier molecular flexibility index (Phi) is 5.22. The number of fused-ring (bicyclic) bond motifs is 1. The van der Waals surface area contributed by atoms with Crippen molar-refractivity contribution in [2.45, 2.75) is 13.3 Å². The van der Waals surface area contributed by atoms with Crippen molar-refractivity contribution in [3.05, 3.63) is 63.0 Å². The smallest absolute Gasteiger partial charge is 0.280 e. The van der Waals surface area contributed by atoms with Gasteiger partial charge in [0, 0.05) is 19.2 Å². The molecule has 2 N–H and O–H groups in total. The summed E-state index contributed by atoms with van der Waals surface area (Å²) in [5, 5.41) is 5.62. The first kappa shape index (κ1) is 17.9. The summed E-state index contributed by atoms with van der Waals surface area (Å²) in [6, 6.07) is 6.06. The number of carbonyl (C=O) groups excluding carboxylic acids is 3. The number of nitrogens with one attached hydrogen (secondary N) is 2. The second kappa shape index (κ2) is 7.57. The summed E-state index contributed by atoms with van der Waals surface area (Å²) >= 11 is 0.918. The molecule has 1 aliphatic carbocycles. The van der Waals surface area contributed by atoms with E-state index in [-0.39, 0.29) is 32.9 Å². The number of Topliss-reactive ketones (excluding diaryl/α,β-unsaturated/α-hetero) is 1. The predicted octanol–water partition coefficient (Wildman–Crippen LogP) is 2.13. The van der Waals surface area contributed by atoms with Gasteiger partial charge in [-0.3, -0.25) is 14.4 Å². The number of hydrogen-bond donors (Lipinski definition) is 2. The third kappa shape index (κ3) is 3.70. The highest BCUT2D eigenvalue weighted by atomic mass is 32.1. The average molecular weight is 373 g/mol. The topological polar surface area (TPSA) is 88.2 Å². The minimum Gasteiger partial charge on any atom is -0.381 e. The van der Waals surface area contributed by atoms with E-state index in [2.05, 4.69) is 15.6 Å². The molecular formula is C18H16FN3O3S. The number of thiazole rings is 1. The van der Waals surface area contributed by atoms with Crippen LogP contribution in [-0.2, 0) is 6.42 Å². The van der Waals surface area contributed by atoms with Gasteiger partial charge in [-0.05, 0) is 31.0 Å². The molecule has 0 spiro atoms. The van der Waals surface area contributed by atoms with Crippen molar-refractivity contribution in [2.75, 3.05) is 13.1 Å². The van der Waals surface area contributed by atoms with E-state index >= 15 is 0 Å². The second-order valence-electron chi connectivity index (χ2n) is 5.61. The van der Waals surface area contributed by atoms with Crippen LogP contribution in [0, 0.1) is 5.82 Å². The minimum absolute atomic E-state index is 0.00744. The van der Waals surface area contributed by atoms with Gasteiger partial charge >= 0.3 is 0 Å².